The smallest absolute Gasteiger partial charge is 0.207 e. The molecule has 2 heterocycles. The van der Waals surface area contributed by atoms with Gasteiger partial charge in [0.05, 0.1) is 10.6 Å². The molecule has 0 bridgehead atoms. The van der Waals surface area contributed by atoms with E-state index < -0.39 is 10.0 Å². The minimum absolute atomic E-state index is 0.208. The first-order chi connectivity index (χ1) is 13.8. The van der Waals surface area contributed by atoms with E-state index >= 15 is 0 Å². The molecule has 150 valence electrons. The number of aryl methyl sites for hydroxylation is 2. The van der Waals surface area contributed by atoms with E-state index in [-0.39, 0.29) is 4.90 Å². The van der Waals surface area contributed by atoms with Crippen molar-refractivity contribution in [1.82, 2.24) is 19.2 Å². The van der Waals surface area contributed by atoms with E-state index in [0.29, 0.717) is 22.3 Å². The van der Waals surface area contributed by atoms with Crippen molar-refractivity contribution in [2.75, 3.05) is 19.8 Å². The molecule has 9 heteroatoms. The summed E-state index contributed by atoms with van der Waals surface area (Å²) in [5, 5.41) is 14.0. The van der Waals surface area contributed by atoms with Crippen LogP contribution in [0.25, 0.3) is 11.4 Å². The highest BCUT2D eigenvalue weighted by Crippen LogP contribution is 2.30. The number of nitrogens with zero attached hydrogens (tertiary/aromatic N) is 5. The third kappa shape index (κ3) is 3.61. The molecule has 3 aromatic rings. The van der Waals surface area contributed by atoms with Crippen LogP contribution in [0.2, 0.25) is 0 Å². The molecule has 0 spiro atoms. The van der Waals surface area contributed by atoms with Gasteiger partial charge in [-0.15, -0.1) is 10.2 Å². The largest absolute Gasteiger partial charge is 0.242 e. The molecule has 1 aliphatic heterocycles. The van der Waals surface area contributed by atoms with Crippen molar-refractivity contribution in [1.29, 1.82) is 0 Å². The van der Waals surface area contributed by atoms with Crippen LogP contribution in [0.15, 0.2) is 57.6 Å². The monoisotopic (exact) mass is 427 g/mol. The van der Waals surface area contributed by atoms with Crippen molar-refractivity contribution in [3.8, 4) is 11.4 Å². The van der Waals surface area contributed by atoms with E-state index in [9.17, 15) is 8.42 Å². The molecule has 0 saturated heterocycles. The first kappa shape index (κ1) is 19.8. The first-order valence-electron chi connectivity index (χ1n) is 9.04. The van der Waals surface area contributed by atoms with E-state index in [1.165, 1.54) is 29.5 Å². The molecule has 0 unspecified atom stereocenters. The van der Waals surface area contributed by atoms with Gasteiger partial charge in [-0.3, -0.25) is 0 Å². The number of sulfonamides is 1. The highest BCUT2D eigenvalue weighted by molar-refractivity contribution is 7.99. The number of hydrogen-bond acceptors (Lipinski definition) is 6. The minimum Gasteiger partial charge on any atom is -0.207 e. The fraction of sp³-hybridized carbons (Fsp3) is 0.250. The molecule has 0 fully saturated rings. The maximum absolute atomic E-state index is 12.5. The quantitative estimate of drug-likeness (QED) is 0.639. The topological polar surface area (TPSA) is 80.5 Å². The highest BCUT2D eigenvalue weighted by Gasteiger charge is 2.23. The predicted octanol–water partition coefficient (Wildman–Crippen LogP) is 3.17. The van der Waals surface area contributed by atoms with Gasteiger partial charge in [0.25, 0.3) is 0 Å². The van der Waals surface area contributed by atoms with E-state index in [0.717, 1.165) is 11.3 Å². The number of thioether (sulfide) groups is 1. The Morgan fingerprint density at radius 3 is 2.52 bits per heavy atom. The molecule has 0 aliphatic carbocycles. The van der Waals surface area contributed by atoms with Crippen LogP contribution >= 0.6 is 11.8 Å². The summed E-state index contributed by atoms with van der Waals surface area (Å²) in [4.78, 5) is 0.208. The Hall–Kier alpha value is -2.49. The van der Waals surface area contributed by atoms with Crippen LogP contribution in [0.1, 0.15) is 16.7 Å². The Bertz CT molecular complexity index is 1230. The van der Waals surface area contributed by atoms with Gasteiger partial charge in [0.1, 0.15) is 0 Å². The fourth-order valence-corrected chi connectivity index (χ4v) is 4.76. The lowest BCUT2D eigenvalue weighted by Crippen LogP contribution is -2.22. The maximum atomic E-state index is 12.5. The van der Waals surface area contributed by atoms with Gasteiger partial charge in [-0.25, -0.2) is 12.7 Å². The standard InChI is InChI=1S/C20H21N5O2S2/c1-13-8-9-15(10-14(13)2)18-12-28-20-22-21-19(25(20)23-18)16-6-5-7-17(11-16)29(26,27)24(3)4/h5-11H,12H2,1-4H3. The molecule has 0 N–H and O–H groups in total. The van der Waals surface area contributed by atoms with Crippen molar-refractivity contribution >= 4 is 27.5 Å². The summed E-state index contributed by atoms with van der Waals surface area (Å²) < 4.78 is 27.9. The van der Waals surface area contributed by atoms with Gasteiger partial charge in [0, 0.05) is 25.4 Å². The normalized spacial score (nSPS) is 14.0. The number of fused-ring (bicyclic) bond motifs is 1. The Balaban J connectivity index is 1.78. The Labute approximate surface area is 174 Å². The number of aromatic nitrogens is 3. The van der Waals surface area contributed by atoms with Crippen LogP contribution in [0.3, 0.4) is 0 Å². The molecular formula is C20H21N5O2S2. The molecule has 0 atom stereocenters. The van der Waals surface area contributed by atoms with Gasteiger partial charge >= 0.3 is 0 Å². The summed E-state index contributed by atoms with van der Waals surface area (Å²) in [5.41, 5.74) is 5.10. The van der Waals surface area contributed by atoms with Crippen molar-refractivity contribution < 1.29 is 8.42 Å². The van der Waals surface area contributed by atoms with E-state index in [4.69, 9.17) is 5.10 Å². The molecule has 0 radical (unpaired) electrons. The average Bonchev–Trinajstić information content (AvgIpc) is 3.13. The molecule has 1 aliphatic rings. The second kappa shape index (κ2) is 7.40. The third-order valence-electron chi connectivity index (χ3n) is 4.88. The summed E-state index contributed by atoms with van der Waals surface area (Å²) in [7, 11) is -0.516. The fourth-order valence-electron chi connectivity index (χ4n) is 2.98. The highest BCUT2D eigenvalue weighted by atomic mass is 32.2. The Kier molecular flexibility index (Phi) is 5.05. The van der Waals surface area contributed by atoms with E-state index in [1.807, 2.05) is 6.07 Å². The molecule has 0 amide bonds. The summed E-state index contributed by atoms with van der Waals surface area (Å²) in [6, 6.07) is 13.0. The van der Waals surface area contributed by atoms with Crippen LogP contribution < -0.4 is 0 Å². The SMILES string of the molecule is Cc1ccc(C2=Nn3c(nnc3-c3cccc(S(=O)(=O)N(C)C)c3)SC2)cc1C. The minimum atomic E-state index is -3.54. The summed E-state index contributed by atoms with van der Waals surface area (Å²) >= 11 is 1.56. The van der Waals surface area contributed by atoms with Crippen LogP contribution in [0, 0.1) is 13.8 Å². The van der Waals surface area contributed by atoms with E-state index in [1.54, 1.807) is 34.6 Å². The van der Waals surface area contributed by atoms with Crippen LogP contribution in [-0.2, 0) is 10.0 Å². The van der Waals surface area contributed by atoms with Crippen LogP contribution in [-0.4, -0.2) is 53.2 Å². The Morgan fingerprint density at radius 1 is 1.00 bits per heavy atom. The van der Waals surface area contributed by atoms with Crippen LogP contribution in [0.4, 0.5) is 0 Å². The maximum Gasteiger partial charge on any atom is 0.242 e. The second-order valence-corrected chi connectivity index (χ2v) is 10.2. The summed E-state index contributed by atoms with van der Waals surface area (Å²) in [6.07, 6.45) is 0. The molecule has 0 saturated carbocycles. The zero-order chi connectivity index (χ0) is 20.8. The molecule has 7 nitrogen and oxygen atoms in total. The molecule has 1 aromatic heterocycles. The van der Waals surface area contributed by atoms with Gasteiger partial charge in [-0.2, -0.15) is 9.78 Å². The zero-order valence-electron chi connectivity index (χ0n) is 16.6. The third-order valence-corrected chi connectivity index (χ3v) is 7.62. The van der Waals surface area contributed by atoms with E-state index in [2.05, 4.69) is 42.2 Å². The average molecular weight is 428 g/mol. The summed E-state index contributed by atoms with van der Waals surface area (Å²) in [6.45, 7) is 4.17. The zero-order valence-corrected chi connectivity index (χ0v) is 18.3. The van der Waals surface area contributed by atoms with Gasteiger partial charge in [0.2, 0.25) is 15.2 Å². The van der Waals surface area contributed by atoms with Gasteiger partial charge in [-0.05, 0) is 48.7 Å². The lowest BCUT2D eigenvalue weighted by atomic mass is 10.0. The molecule has 2 aromatic carbocycles. The van der Waals surface area contributed by atoms with Crippen molar-refractivity contribution in [3.05, 3.63) is 59.2 Å². The molecular weight excluding hydrogens is 406 g/mol. The number of benzene rings is 2. The van der Waals surface area contributed by atoms with Crippen LogP contribution in [0.5, 0.6) is 0 Å². The number of rotatable bonds is 4. The van der Waals surface area contributed by atoms with Gasteiger partial charge in [0.15, 0.2) is 5.82 Å². The molecule has 29 heavy (non-hydrogen) atoms. The predicted molar refractivity (Wildman–Crippen MR) is 115 cm³/mol. The summed E-state index contributed by atoms with van der Waals surface area (Å²) in [5.74, 6) is 1.22. The second-order valence-electron chi connectivity index (χ2n) is 7.07. The Morgan fingerprint density at radius 2 is 1.79 bits per heavy atom. The lowest BCUT2D eigenvalue weighted by Gasteiger charge is -2.15. The van der Waals surface area contributed by atoms with Crippen molar-refractivity contribution in [3.63, 3.8) is 0 Å². The van der Waals surface area contributed by atoms with Gasteiger partial charge < -0.3 is 0 Å². The van der Waals surface area contributed by atoms with Crippen molar-refractivity contribution in [2.24, 2.45) is 5.10 Å². The van der Waals surface area contributed by atoms with Gasteiger partial charge in [-0.1, -0.05) is 36.0 Å². The number of hydrogen-bond donors (Lipinski definition) is 0. The lowest BCUT2D eigenvalue weighted by molar-refractivity contribution is 0.521. The molecule has 4 rings (SSSR count). The van der Waals surface area contributed by atoms with Crippen molar-refractivity contribution in [2.45, 2.75) is 23.9 Å². The first-order valence-corrected chi connectivity index (χ1v) is 11.5.